The number of carbonyl (C=O) groups is 2. The van der Waals surface area contributed by atoms with Crippen molar-refractivity contribution in [1.82, 2.24) is 20.5 Å². The second-order valence-corrected chi connectivity index (χ2v) is 9.29. The number of allylic oxidation sites excluding steroid dienone is 2. The number of thiazole rings is 1. The van der Waals surface area contributed by atoms with Crippen LogP contribution in [0, 0.1) is 37.5 Å². The Kier molecular flexibility index (Phi) is 5.72. The number of amides is 2. The molecule has 1 aliphatic heterocycles. The number of fused-ring (bicyclic) bond motifs is 5. The summed E-state index contributed by atoms with van der Waals surface area (Å²) in [5.74, 6) is 1.02. The SMILES string of the molecule is CCNC(=NCCc1sc(C)nc1C)NCCN1C(=O)C2C3C=CC(C3)C2C1=O. The molecule has 8 heteroatoms. The lowest BCUT2D eigenvalue weighted by Gasteiger charge is -2.18. The van der Waals surface area contributed by atoms with E-state index in [2.05, 4.69) is 32.8 Å². The third kappa shape index (κ3) is 3.82. The minimum atomic E-state index is -0.120. The van der Waals surface area contributed by atoms with Gasteiger partial charge in [-0.3, -0.25) is 19.5 Å². The molecule has 4 atom stereocenters. The molecule has 2 amide bonds. The monoisotopic (exact) mass is 415 g/mol. The molecule has 29 heavy (non-hydrogen) atoms. The van der Waals surface area contributed by atoms with Crippen molar-refractivity contribution in [2.75, 3.05) is 26.2 Å². The van der Waals surface area contributed by atoms with Crippen molar-refractivity contribution in [2.45, 2.75) is 33.6 Å². The number of aliphatic imine (C=N–C) groups is 1. The fourth-order valence-electron chi connectivity index (χ4n) is 4.89. The normalized spacial score (nSPS) is 27.8. The van der Waals surface area contributed by atoms with Crippen LogP contribution in [0.1, 0.15) is 28.9 Å². The van der Waals surface area contributed by atoms with E-state index in [0.717, 1.165) is 30.1 Å². The third-order valence-corrected chi connectivity index (χ3v) is 7.27. The van der Waals surface area contributed by atoms with Gasteiger partial charge in [0, 0.05) is 37.5 Å². The van der Waals surface area contributed by atoms with Crippen LogP contribution in [0.15, 0.2) is 17.1 Å². The van der Waals surface area contributed by atoms with Crippen LogP contribution in [0.25, 0.3) is 0 Å². The van der Waals surface area contributed by atoms with E-state index in [4.69, 9.17) is 0 Å². The Morgan fingerprint density at radius 3 is 2.48 bits per heavy atom. The first kappa shape index (κ1) is 20.1. The molecular weight excluding hydrogens is 386 g/mol. The second kappa shape index (κ2) is 8.26. The number of carbonyl (C=O) groups excluding carboxylic acids is 2. The minimum Gasteiger partial charge on any atom is -0.357 e. The van der Waals surface area contributed by atoms with Crippen molar-refractivity contribution in [1.29, 1.82) is 0 Å². The molecular formula is C21H29N5O2S. The third-order valence-electron chi connectivity index (χ3n) is 6.14. The van der Waals surface area contributed by atoms with Crippen LogP contribution in [0.4, 0.5) is 0 Å². The van der Waals surface area contributed by atoms with E-state index >= 15 is 0 Å². The lowest BCUT2D eigenvalue weighted by atomic mass is 9.85. The average molecular weight is 416 g/mol. The van der Waals surface area contributed by atoms with Crippen molar-refractivity contribution in [3.05, 3.63) is 27.7 Å². The Balaban J connectivity index is 1.29. The summed E-state index contributed by atoms with van der Waals surface area (Å²) in [7, 11) is 0. The number of aromatic nitrogens is 1. The summed E-state index contributed by atoms with van der Waals surface area (Å²) in [6, 6.07) is 0. The van der Waals surface area contributed by atoms with Crippen LogP contribution in [0.3, 0.4) is 0 Å². The van der Waals surface area contributed by atoms with E-state index in [1.165, 1.54) is 9.78 Å². The van der Waals surface area contributed by atoms with Gasteiger partial charge in [0.05, 0.1) is 22.5 Å². The maximum atomic E-state index is 12.7. The van der Waals surface area contributed by atoms with E-state index in [0.29, 0.717) is 25.6 Å². The smallest absolute Gasteiger partial charge is 0.233 e. The molecule has 3 aliphatic rings. The molecule has 1 saturated heterocycles. The van der Waals surface area contributed by atoms with Crippen molar-refractivity contribution in [3.63, 3.8) is 0 Å². The van der Waals surface area contributed by atoms with Gasteiger partial charge in [-0.05, 0) is 39.0 Å². The number of guanidine groups is 1. The van der Waals surface area contributed by atoms with Gasteiger partial charge in [-0.1, -0.05) is 12.2 Å². The molecule has 1 aromatic rings. The van der Waals surface area contributed by atoms with Crippen LogP contribution in [0.5, 0.6) is 0 Å². The number of imide groups is 1. The van der Waals surface area contributed by atoms with Gasteiger partial charge in [0.25, 0.3) is 0 Å². The Morgan fingerprint density at radius 2 is 1.90 bits per heavy atom. The molecule has 4 unspecified atom stereocenters. The summed E-state index contributed by atoms with van der Waals surface area (Å²) < 4.78 is 0. The van der Waals surface area contributed by atoms with Gasteiger partial charge in [-0.15, -0.1) is 11.3 Å². The van der Waals surface area contributed by atoms with Crippen molar-refractivity contribution < 1.29 is 9.59 Å². The highest BCUT2D eigenvalue weighted by Gasteiger charge is 2.58. The molecule has 2 N–H and O–H groups in total. The summed E-state index contributed by atoms with van der Waals surface area (Å²) in [6.45, 7) is 8.39. The molecule has 0 spiro atoms. The molecule has 1 saturated carbocycles. The van der Waals surface area contributed by atoms with Gasteiger partial charge in [-0.2, -0.15) is 0 Å². The van der Waals surface area contributed by atoms with Gasteiger partial charge in [0.2, 0.25) is 11.8 Å². The minimum absolute atomic E-state index is 0.0108. The lowest BCUT2D eigenvalue weighted by molar-refractivity contribution is -0.140. The second-order valence-electron chi connectivity index (χ2n) is 8.01. The zero-order valence-corrected chi connectivity index (χ0v) is 18.1. The highest BCUT2D eigenvalue weighted by Crippen LogP contribution is 2.52. The van der Waals surface area contributed by atoms with Crippen molar-refractivity contribution in [2.24, 2.45) is 28.7 Å². The van der Waals surface area contributed by atoms with Gasteiger partial charge >= 0.3 is 0 Å². The Morgan fingerprint density at radius 1 is 1.21 bits per heavy atom. The Labute approximate surface area is 175 Å². The summed E-state index contributed by atoms with van der Waals surface area (Å²) >= 11 is 1.72. The predicted octanol–water partition coefficient (Wildman–Crippen LogP) is 1.66. The van der Waals surface area contributed by atoms with E-state index in [1.54, 1.807) is 11.3 Å². The summed E-state index contributed by atoms with van der Waals surface area (Å²) in [4.78, 5) is 37.3. The van der Waals surface area contributed by atoms with E-state index in [-0.39, 0.29) is 35.5 Å². The fraction of sp³-hybridized carbons (Fsp3) is 0.619. The topological polar surface area (TPSA) is 86.7 Å². The average Bonchev–Trinajstić information content (AvgIpc) is 3.42. The fourth-order valence-corrected chi connectivity index (χ4v) is 5.81. The first-order valence-electron chi connectivity index (χ1n) is 10.5. The zero-order valence-electron chi connectivity index (χ0n) is 17.3. The number of likely N-dealkylation sites (tertiary alicyclic amines) is 1. The van der Waals surface area contributed by atoms with Gasteiger partial charge in [0.1, 0.15) is 0 Å². The maximum absolute atomic E-state index is 12.7. The molecule has 2 fully saturated rings. The van der Waals surface area contributed by atoms with E-state index < -0.39 is 0 Å². The van der Waals surface area contributed by atoms with Gasteiger partial charge < -0.3 is 10.6 Å². The van der Waals surface area contributed by atoms with Crippen LogP contribution in [-0.2, 0) is 16.0 Å². The van der Waals surface area contributed by atoms with Crippen LogP contribution >= 0.6 is 11.3 Å². The summed E-state index contributed by atoms with van der Waals surface area (Å²) in [5.41, 5.74) is 1.08. The van der Waals surface area contributed by atoms with E-state index in [1.807, 2.05) is 20.8 Å². The highest BCUT2D eigenvalue weighted by molar-refractivity contribution is 7.11. The van der Waals surface area contributed by atoms with Crippen LogP contribution < -0.4 is 10.6 Å². The largest absolute Gasteiger partial charge is 0.357 e. The lowest BCUT2D eigenvalue weighted by Crippen LogP contribution is -2.43. The van der Waals surface area contributed by atoms with Gasteiger partial charge in [0.15, 0.2) is 5.96 Å². The first-order chi connectivity index (χ1) is 14.0. The maximum Gasteiger partial charge on any atom is 0.233 e. The number of hydrogen-bond acceptors (Lipinski definition) is 5. The number of hydrogen-bond donors (Lipinski definition) is 2. The molecule has 2 heterocycles. The Bertz CT molecular complexity index is 831. The van der Waals surface area contributed by atoms with Crippen molar-refractivity contribution >= 4 is 29.1 Å². The summed E-state index contributed by atoms with van der Waals surface area (Å²) in [6.07, 6.45) is 6.08. The molecule has 1 aromatic heterocycles. The summed E-state index contributed by atoms with van der Waals surface area (Å²) in [5, 5.41) is 7.58. The number of nitrogens with one attached hydrogen (secondary N) is 2. The quantitative estimate of drug-likeness (QED) is 0.306. The van der Waals surface area contributed by atoms with Crippen LogP contribution in [0.2, 0.25) is 0 Å². The van der Waals surface area contributed by atoms with Gasteiger partial charge in [-0.25, -0.2) is 4.98 Å². The molecule has 4 rings (SSSR count). The molecule has 2 aliphatic carbocycles. The van der Waals surface area contributed by atoms with E-state index in [9.17, 15) is 9.59 Å². The number of rotatable bonds is 7. The molecule has 0 radical (unpaired) electrons. The molecule has 156 valence electrons. The standard InChI is InChI=1S/C21H29N5O2S/c1-4-22-21(23-8-7-16-12(2)25-13(3)29-16)24-9-10-26-19(27)17-14-5-6-15(11-14)18(17)20(26)28/h5-6,14-15,17-18H,4,7-11H2,1-3H3,(H2,22,23,24). The van der Waals surface area contributed by atoms with Crippen LogP contribution in [-0.4, -0.2) is 53.8 Å². The first-order valence-corrected chi connectivity index (χ1v) is 11.3. The highest BCUT2D eigenvalue weighted by atomic mass is 32.1. The molecule has 0 aromatic carbocycles. The van der Waals surface area contributed by atoms with Crippen molar-refractivity contribution in [3.8, 4) is 0 Å². The number of aryl methyl sites for hydroxylation is 2. The predicted molar refractivity (Wildman–Crippen MR) is 114 cm³/mol. The molecule has 2 bridgehead atoms. The Hall–Kier alpha value is -2.22. The number of nitrogens with zero attached hydrogens (tertiary/aromatic N) is 3. The zero-order chi connectivity index (χ0) is 20.5. The molecule has 7 nitrogen and oxygen atoms in total.